The number of nitrogens with two attached hydrogens (primary N) is 1. The van der Waals surface area contributed by atoms with Gasteiger partial charge >= 0.3 is 0 Å². The molecule has 3 N–H and O–H groups in total. The first-order valence-electron chi connectivity index (χ1n) is 5.73. The zero-order valence-corrected chi connectivity index (χ0v) is 12.1. The molecule has 0 radical (unpaired) electrons. The van der Waals surface area contributed by atoms with Gasteiger partial charge in [-0.25, -0.2) is 13.1 Å². The molecule has 0 atom stereocenters. The summed E-state index contributed by atoms with van der Waals surface area (Å²) in [6.07, 6.45) is 0. The van der Waals surface area contributed by atoms with Gasteiger partial charge in [-0.3, -0.25) is 0 Å². The standard InChI is InChI=1S/C11H21N3O3S/c1-8-10(7-12)11(9(2)17-8)18(15,16)13-5-6-14(3)4/h13H,5-7,12H2,1-4H3. The highest BCUT2D eigenvalue weighted by Crippen LogP contribution is 2.25. The lowest BCUT2D eigenvalue weighted by Crippen LogP contribution is -2.32. The third-order valence-electron chi connectivity index (χ3n) is 2.65. The molecule has 0 saturated carbocycles. The van der Waals surface area contributed by atoms with E-state index in [1.54, 1.807) is 13.8 Å². The van der Waals surface area contributed by atoms with Crippen molar-refractivity contribution in [1.29, 1.82) is 0 Å². The zero-order chi connectivity index (χ0) is 13.9. The monoisotopic (exact) mass is 275 g/mol. The minimum absolute atomic E-state index is 0.146. The number of nitrogens with zero attached hydrogens (tertiary/aromatic N) is 1. The predicted octanol–water partition coefficient (Wildman–Crippen LogP) is 0.195. The van der Waals surface area contributed by atoms with Gasteiger partial charge in [0.05, 0.1) is 0 Å². The molecular weight excluding hydrogens is 254 g/mol. The summed E-state index contributed by atoms with van der Waals surface area (Å²) in [5.74, 6) is 0.938. The van der Waals surface area contributed by atoms with Gasteiger partial charge in [0.25, 0.3) is 0 Å². The summed E-state index contributed by atoms with van der Waals surface area (Å²) in [6, 6.07) is 0. The second kappa shape index (κ2) is 5.83. The molecule has 18 heavy (non-hydrogen) atoms. The van der Waals surface area contributed by atoms with Crippen LogP contribution in [-0.4, -0.2) is 40.5 Å². The molecule has 6 nitrogen and oxygen atoms in total. The molecule has 0 unspecified atom stereocenters. The Morgan fingerprint density at radius 3 is 2.39 bits per heavy atom. The van der Waals surface area contributed by atoms with Crippen molar-refractivity contribution in [1.82, 2.24) is 9.62 Å². The highest BCUT2D eigenvalue weighted by molar-refractivity contribution is 7.89. The fourth-order valence-corrected chi connectivity index (χ4v) is 3.25. The zero-order valence-electron chi connectivity index (χ0n) is 11.3. The molecular formula is C11H21N3O3S. The van der Waals surface area contributed by atoms with Gasteiger partial charge in [-0.15, -0.1) is 0 Å². The van der Waals surface area contributed by atoms with Gasteiger partial charge < -0.3 is 15.1 Å². The molecule has 1 aromatic heterocycles. The maximum absolute atomic E-state index is 12.2. The molecule has 1 rings (SSSR count). The predicted molar refractivity (Wildman–Crippen MR) is 69.8 cm³/mol. The number of aryl methyl sites for hydroxylation is 2. The van der Waals surface area contributed by atoms with Gasteiger partial charge in [-0.1, -0.05) is 0 Å². The number of rotatable bonds is 6. The number of hydrogen-bond acceptors (Lipinski definition) is 5. The maximum Gasteiger partial charge on any atom is 0.244 e. The van der Waals surface area contributed by atoms with E-state index in [9.17, 15) is 8.42 Å². The summed E-state index contributed by atoms with van der Waals surface area (Å²) < 4.78 is 32.3. The van der Waals surface area contributed by atoms with Crippen LogP contribution in [0.1, 0.15) is 17.1 Å². The van der Waals surface area contributed by atoms with Crippen LogP contribution in [0.3, 0.4) is 0 Å². The third kappa shape index (κ3) is 3.32. The number of furan rings is 1. The Balaban J connectivity index is 2.98. The van der Waals surface area contributed by atoms with E-state index in [2.05, 4.69) is 4.72 Å². The average molecular weight is 275 g/mol. The Labute approximate surface area is 108 Å². The van der Waals surface area contributed by atoms with Crippen LogP contribution in [0.4, 0.5) is 0 Å². The molecule has 0 aromatic carbocycles. The molecule has 7 heteroatoms. The van der Waals surface area contributed by atoms with Crippen molar-refractivity contribution >= 4 is 10.0 Å². The van der Waals surface area contributed by atoms with Crippen molar-refractivity contribution in [3.63, 3.8) is 0 Å². The van der Waals surface area contributed by atoms with Crippen LogP contribution in [0.2, 0.25) is 0 Å². The normalized spacial score (nSPS) is 12.3. The number of likely N-dealkylation sites (N-methyl/N-ethyl adjacent to an activating group) is 1. The number of hydrogen-bond donors (Lipinski definition) is 2. The van der Waals surface area contributed by atoms with E-state index in [-0.39, 0.29) is 11.4 Å². The van der Waals surface area contributed by atoms with E-state index in [0.717, 1.165) is 0 Å². The first-order valence-corrected chi connectivity index (χ1v) is 7.21. The Hall–Kier alpha value is -0.890. The lowest BCUT2D eigenvalue weighted by atomic mass is 10.2. The Morgan fingerprint density at radius 2 is 1.89 bits per heavy atom. The quantitative estimate of drug-likeness (QED) is 0.774. The van der Waals surface area contributed by atoms with Crippen LogP contribution < -0.4 is 10.5 Å². The molecule has 0 amide bonds. The van der Waals surface area contributed by atoms with Crippen LogP contribution in [0.5, 0.6) is 0 Å². The Morgan fingerprint density at radius 1 is 1.28 bits per heavy atom. The summed E-state index contributed by atoms with van der Waals surface area (Å²) in [6.45, 7) is 4.48. The molecule has 0 aliphatic heterocycles. The van der Waals surface area contributed by atoms with Crippen molar-refractivity contribution in [2.24, 2.45) is 5.73 Å². The largest absolute Gasteiger partial charge is 0.465 e. The SMILES string of the molecule is Cc1oc(C)c(S(=O)(=O)NCCN(C)C)c1CN. The van der Waals surface area contributed by atoms with Gasteiger partial charge in [0, 0.05) is 25.2 Å². The maximum atomic E-state index is 12.2. The van der Waals surface area contributed by atoms with Gasteiger partial charge in [0.1, 0.15) is 16.4 Å². The van der Waals surface area contributed by atoms with Crippen LogP contribution >= 0.6 is 0 Å². The molecule has 1 aromatic rings. The van der Waals surface area contributed by atoms with Crippen molar-refractivity contribution in [2.75, 3.05) is 27.2 Å². The van der Waals surface area contributed by atoms with E-state index in [1.165, 1.54) is 0 Å². The van der Waals surface area contributed by atoms with Crippen molar-refractivity contribution < 1.29 is 12.8 Å². The number of nitrogens with one attached hydrogen (secondary N) is 1. The first kappa shape index (κ1) is 15.2. The molecule has 0 bridgehead atoms. The van der Waals surface area contributed by atoms with Crippen LogP contribution in [0, 0.1) is 13.8 Å². The minimum atomic E-state index is -3.56. The van der Waals surface area contributed by atoms with Crippen LogP contribution in [0.15, 0.2) is 9.31 Å². The summed E-state index contributed by atoms with van der Waals surface area (Å²) in [5, 5.41) is 0. The fraction of sp³-hybridized carbons (Fsp3) is 0.636. The smallest absolute Gasteiger partial charge is 0.244 e. The van der Waals surface area contributed by atoms with Crippen molar-refractivity contribution in [3.05, 3.63) is 17.1 Å². The van der Waals surface area contributed by atoms with E-state index in [1.807, 2.05) is 19.0 Å². The molecule has 0 aliphatic rings. The van der Waals surface area contributed by atoms with Crippen molar-refractivity contribution in [2.45, 2.75) is 25.3 Å². The lowest BCUT2D eigenvalue weighted by Gasteiger charge is -2.11. The lowest BCUT2D eigenvalue weighted by molar-refractivity contribution is 0.412. The Kier molecular flexibility index (Phi) is 4.92. The Bertz CT molecular complexity index is 506. The first-order chi connectivity index (χ1) is 8.29. The highest BCUT2D eigenvalue weighted by atomic mass is 32.2. The summed E-state index contributed by atoms with van der Waals surface area (Å²) in [7, 11) is 0.205. The van der Waals surface area contributed by atoms with Crippen LogP contribution in [0.25, 0.3) is 0 Å². The summed E-state index contributed by atoms with van der Waals surface area (Å²) in [4.78, 5) is 2.08. The van der Waals surface area contributed by atoms with Gasteiger partial charge in [-0.05, 0) is 27.9 Å². The number of sulfonamides is 1. The molecule has 1 heterocycles. The molecule has 0 spiro atoms. The van der Waals surface area contributed by atoms with Crippen molar-refractivity contribution in [3.8, 4) is 0 Å². The fourth-order valence-electron chi connectivity index (χ4n) is 1.77. The molecule has 104 valence electrons. The molecule has 0 aliphatic carbocycles. The van der Waals surface area contributed by atoms with Gasteiger partial charge in [-0.2, -0.15) is 0 Å². The van der Waals surface area contributed by atoms with E-state index >= 15 is 0 Å². The van der Waals surface area contributed by atoms with Gasteiger partial charge in [0.15, 0.2) is 0 Å². The summed E-state index contributed by atoms with van der Waals surface area (Å²) >= 11 is 0. The second-order valence-corrected chi connectivity index (χ2v) is 6.13. The molecule has 0 saturated heterocycles. The van der Waals surface area contributed by atoms with Crippen LogP contribution in [-0.2, 0) is 16.6 Å². The third-order valence-corrected chi connectivity index (χ3v) is 4.30. The summed E-state index contributed by atoms with van der Waals surface area (Å²) in [5.41, 5.74) is 6.12. The topological polar surface area (TPSA) is 88.6 Å². The average Bonchev–Trinajstić information content (AvgIpc) is 2.52. The van der Waals surface area contributed by atoms with E-state index < -0.39 is 10.0 Å². The minimum Gasteiger partial charge on any atom is -0.465 e. The second-order valence-electron chi connectivity index (χ2n) is 4.43. The highest BCUT2D eigenvalue weighted by Gasteiger charge is 2.25. The van der Waals surface area contributed by atoms with E-state index in [4.69, 9.17) is 10.2 Å². The molecule has 0 fully saturated rings. The van der Waals surface area contributed by atoms with E-state index in [0.29, 0.717) is 30.2 Å². The van der Waals surface area contributed by atoms with Gasteiger partial charge in [0.2, 0.25) is 10.0 Å².